The van der Waals surface area contributed by atoms with Crippen molar-refractivity contribution in [2.24, 2.45) is 0 Å². The van der Waals surface area contributed by atoms with Gasteiger partial charge in [-0.3, -0.25) is 9.59 Å². The van der Waals surface area contributed by atoms with Crippen molar-refractivity contribution in [3.05, 3.63) is 58.6 Å². The molecule has 28 heavy (non-hydrogen) atoms. The molecular weight excluding hydrogens is 399 g/mol. The number of esters is 1. The molecule has 0 bridgehead atoms. The molecule has 0 heterocycles. The largest absolute Gasteiger partial charge is 0.495 e. The molecular formula is C19H17ClF3NO4. The van der Waals surface area contributed by atoms with E-state index in [2.05, 4.69) is 5.32 Å². The Morgan fingerprint density at radius 3 is 2.54 bits per heavy atom. The molecule has 0 aliphatic rings. The predicted octanol–water partition coefficient (Wildman–Crippen LogP) is 4.48. The first-order chi connectivity index (χ1) is 13.1. The van der Waals surface area contributed by atoms with Gasteiger partial charge in [0, 0.05) is 5.02 Å². The van der Waals surface area contributed by atoms with Crippen LogP contribution in [0.25, 0.3) is 0 Å². The van der Waals surface area contributed by atoms with E-state index in [1.54, 1.807) is 12.1 Å². The second-order valence-corrected chi connectivity index (χ2v) is 6.28. The van der Waals surface area contributed by atoms with Gasteiger partial charge in [0.05, 0.1) is 24.8 Å². The minimum atomic E-state index is -4.51. The lowest BCUT2D eigenvalue weighted by Crippen LogP contribution is -2.30. The quantitative estimate of drug-likeness (QED) is 0.706. The molecule has 1 atom stereocenters. The normalized spacial score (nSPS) is 12.2. The van der Waals surface area contributed by atoms with Gasteiger partial charge in [-0.2, -0.15) is 13.2 Å². The molecule has 2 rings (SSSR count). The van der Waals surface area contributed by atoms with Crippen molar-refractivity contribution in [3.8, 4) is 5.75 Å². The third-order valence-electron chi connectivity index (χ3n) is 3.70. The molecule has 5 nitrogen and oxygen atoms in total. The highest BCUT2D eigenvalue weighted by atomic mass is 35.5. The van der Waals surface area contributed by atoms with Crippen LogP contribution in [0.3, 0.4) is 0 Å². The summed E-state index contributed by atoms with van der Waals surface area (Å²) in [6.45, 7) is 1.34. The highest BCUT2D eigenvalue weighted by Crippen LogP contribution is 2.30. The van der Waals surface area contributed by atoms with Gasteiger partial charge < -0.3 is 14.8 Å². The molecule has 0 saturated carbocycles. The molecule has 0 aromatic heterocycles. The number of carbonyl (C=O) groups excluding carboxylic acids is 2. The first-order valence-electron chi connectivity index (χ1n) is 8.10. The van der Waals surface area contributed by atoms with Crippen LogP contribution in [0.1, 0.15) is 18.1 Å². The number of rotatable bonds is 6. The molecule has 2 aromatic carbocycles. The van der Waals surface area contributed by atoms with Crippen molar-refractivity contribution in [2.75, 3.05) is 12.4 Å². The van der Waals surface area contributed by atoms with Crippen molar-refractivity contribution < 1.29 is 32.2 Å². The average Bonchev–Trinajstić information content (AvgIpc) is 2.61. The van der Waals surface area contributed by atoms with Crippen molar-refractivity contribution in [3.63, 3.8) is 0 Å². The standard InChI is InChI=1S/C19H17ClF3NO4/c1-11(18(26)24-15-10-14(20)6-7-16(15)27-2)28-17(25)9-12-4-3-5-13(8-12)19(21,22)23/h3-8,10-11H,9H2,1-2H3,(H,24,26)/t11-/m1/s1. The summed E-state index contributed by atoms with van der Waals surface area (Å²) in [4.78, 5) is 24.2. The van der Waals surface area contributed by atoms with Gasteiger partial charge in [0.2, 0.25) is 0 Å². The summed E-state index contributed by atoms with van der Waals surface area (Å²) < 4.78 is 48.3. The van der Waals surface area contributed by atoms with Gasteiger partial charge >= 0.3 is 12.1 Å². The minimum absolute atomic E-state index is 0.129. The van der Waals surface area contributed by atoms with Crippen LogP contribution in [0.4, 0.5) is 18.9 Å². The Kier molecular flexibility index (Phi) is 6.90. The summed E-state index contributed by atoms with van der Waals surface area (Å²) in [7, 11) is 1.41. The van der Waals surface area contributed by atoms with Gasteiger partial charge in [0.1, 0.15) is 5.75 Å². The van der Waals surface area contributed by atoms with E-state index >= 15 is 0 Å². The lowest BCUT2D eigenvalue weighted by Gasteiger charge is -2.15. The number of ether oxygens (including phenoxy) is 2. The predicted molar refractivity (Wildman–Crippen MR) is 97.3 cm³/mol. The smallest absolute Gasteiger partial charge is 0.416 e. The van der Waals surface area contributed by atoms with Crippen LogP contribution in [0, 0.1) is 0 Å². The zero-order valence-corrected chi connectivity index (χ0v) is 15.7. The van der Waals surface area contributed by atoms with Gasteiger partial charge in [-0.15, -0.1) is 0 Å². The lowest BCUT2D eigenvalue weighted by molar-refractivity contribution is -0.152. The van der Waals surface area contributed by atoms with E-state index in [9.17, 15) is 22.8 Å². The number of anilines is 1. The van der Waals surface area contributed by atoms with Gasteiger partial charge in [-0.25, -0.2) is 0 Å². The van der Waals surface area contributed by atoms with Crippen molar-refractivity contribution in [2.45, 2.75) is 25.6 Å². The summed E-state index contributed by atoms with van der Waals surface area (Å²) in [5.74, 6) is -1.11. The van der Waals surface area contributed by atoms with Gasteiger partial charge in [0.25, 0.3) is 5.91 Å². The van der Waals surface area contributed by atoms with Gasteiger partial charge in [0.15, 0.2) is 6.10 Å². The van der Waals surface area contributed by atoms with Crippen molar-refractivity contribution >= 4 is 29.2 Å². The molecule has 0 unspecified atom stereocenters. The summed E-state index contributed by atoms with van der Waals surface area (Å²) in [5, 5.41) is 2.89. The number of benzene rings is 2. The Hall–Kier alpha value is -2.74. The van der Waals surface area contributed by atoms with E-state index in [4.69, 9.17) is 21.1 Å². The number of nitrogens with one attached hydrogen (secondary N) is 1. The fraction of sp³-hybridized carbons (Fsp3) is 0.263. The maximum Gasteiger partial charge on any atom is 0.416 e. The zero-order valence-electron chi connectivity index (χ0n) is 15.0. The number of methoxy groups -OCH3 is 1. The molecule has 150 valence electrons. The Balaban J connectivity index is 1.99. The van der Waals surface area contributed by atoms with Crippen LogP contribution >= 0.6 is 11.6 Å². The molecule has 1 N–H and O–H groups in total. The topological polar surface area (TPSA) is 64.6 Å². The SMILES string of the molecule is COc1ccc(Cl)cc1NC(=O)[C@@H](C)OC(=O)Cc1cccc(C(F)(F)F)c1. The van der Waals surface area contributed by atoms with Crippen LogP contribution in [0.5, 0.6) is 5.75 Å². The van der Waals surface area contributed by atoms with Gasteiger partial charge in [-0.05, 0) is 36.8 Å². The van der Waals surface area contributed by atoms with Crippen LogP contribution in [-0.4, -0.2) is 25.1 Å². The van der Waals surface area contributed by atoms with E-state index in [1.807, 2.05) is 0 Å². The van der Waals surface area contributed by atoms with E-state index in [0.717, 1.165) is 12.1 Å². The average molecular weight is 416 g/mol. The fourth-order valence-electron chi connectivity index (χ4n) is 2.33. The highest BCUT2D eigenvalue weighted by molar-refractivity contribution is 6.31. The van der Waals surface area contributed by atoms with Gasteiger partial charge in [-0.1, -0.05) is 29.8 Å². The highest BCUT2D eigenvalue weighted by Gasteiger charge is 2.30. The minimum Gasteiger partial charge on any atom is -0.495 e. The van der Waals surface area contributed by atoms with E-state index in [0.29, 0.717) is 16.5 Å². The number of hydrogen-bond donors (Lipinski definition) is 1. The second-order valence-electron chi connectivity index (χ2n) is 5.84. The third kappa shape index (κ3) is 5.88. The molecule has 9 heteroatoms. The summed E-state index contributed by atoms with van der Waals surface area (Å²) in [6.07, 6.45) is -6.09. The number of alkyl halides is 3. The van der Waals surface area contributed by atoms with E-state index in [1.165, 1.54) is 32.2 Å². The van der Waals surface area contributed by atoms with Crippen LogP contribution in [0.15, 0.2) is 42.5 Å². The first-order valence-corrected chi connectivity index (χ1v) is 8.48. The fourth-order valence-corrected chi connectivity index (χ4v) is 2.50. The van der Waals surface area contributed by atoms with Crippen molar-refractivity contribution in [1.82, 2.24) is 0 Å². The van der Waals surface area contributed by atoms with Crippen LogP contribution in [-0.2, 0) is 26.9 Å². The Labute approximate surface area is 164 Å². The Bertz CT molecular complexity index is 870. The monoisotopic (exact) mass is 415 g/mol. The molecule has 0 radical (unpaired) electrons. The molecule has 0 aliphatic heterocycles. The zero-order chi connectivity index (χ0) is 20.9. The first kappa shape index (κ1) is 21.6. The summed E-state index contributed by atoms with van der Waals surface area (Å²) in [6, 6.07) is 8.95. The van der Waals surface area contributed by atoms with Crippen LogP contribution < -0.4 is 10.1 Å². The Morgan fingerprint density at radius 1 is 1.18 bits per heavy atom. The molecule has 0 saturated heterocycles. The lowest BCUT2D eigenvalue weighted by atomic mass is 10.1. The molecule has 0 aliphatic carbocycles. The Morgan fingerprint density at radius 2 is 1.89 bits per heavy atom. The molecule has 1 amide bonds. The number of amides is 1. The summed E-state index contributed by atoms with van der Waals surface area (Å²) in [5.41, 5.74) is -0.443. The summed E-state index contributed by atoms with van der Waals surface area (Å²) >= 11 is 5.88. The molecule has 0 fully saturated rings. The third-order valence-corrected chi connectivity index (χ3v) is 3.93. The maximum absolute atomic E-state index is 12.7. The number of carbonyl (C=O) groups is 2. The van der Waals surface area contributed by atoms with Crippen LogP contribution in [0.2, 0.25) is 5.02 Å². The van der Waals surface area contributed by atoms with E-state index < -0.39 is 36.1 Å². The van der Waals surface area contributed by atoms with E-state index in [-0.39, 0.29) is 5.56 Å². The maximum atomic E-state index is 12.7. The molecule has 2 aromatic rings. The number of hydrogen-bond acceptors (Lipinski definition) is 4. The van der Waals surface area contributed by atoms with Crippen molar-refractivity contribution in [1.29, 1.82) is 0 Å². The number of halogens is 4. The molecule has 0 spiro atoms. The second kappa shape index (κ2) is 8.97.